The highest BCUT2D eigenvalue weighted by atomic mass is 16.6. The van der Waals surface area contributed by atoms with Gasteiger partial charge in [0.1, 0.15) is 7.11 Å². The Kier molecular flexibility index (Phi) is 3.85. The maximum atomic E-state index is 11.5. The van der Waals surface area contributed by atoms with Gasteiger partial charge in [-0.25, -0.2) is 0 Å². The van der Waals surface area contributed by atoms with Crippen LogP contribution in [0.2, 0.25) is 0 Å². The van der Waals surface area contributed by atoms with E-state index < -0.39 is 0 Å². The van der Waals surface area contributed by atoms with Crippen molar-refractivity contribution in [2.45, 2.75) is 13.3 Å². The predicted molar refractivity (Wildman–Crippen MR) is 55.6 cm³/mol. The highest BCUT2D eigenvalue weighted by Gasteiger charge is 2.02. The Morgan fingerprint density at radius 1 is 1.43 bits per heavy atom. The molecule has 0 unspecified atom stereocenters. The lowest BCUT2D eigenvalue weighted by Crippen LogP contribution is -1.99. The molecule has 0 fully saturated rings. The molecule has 14 heavy (non-hydrogen) atoms. The SMILES string of the molecule is CON=CCC(=O)c1ccc(C)cc1. The van der Waals surface area contributed by atoms with Crippen LogP contribution in [0.5, 0.6) is 0 Å². The van der Waals surface area contributed by atoms with Gasteiger partial charge in [-0.1, -0.05) is 35.0 Å². The molecule has 1 aromatic rings. The third-order valence-electron chi connectivity index (χ3n) is 1.83. The van der Waals surface area contributed by atoms with E-state index in [2.05, 4.69) is 9.99 Å². The first-order chi connectivity index (χ1) is 6.74. The molecule has 0 aliphatic heterocycles. The van der Waals surface area contributed by atoms with E-state index in [0.29, 0.717) is 5.56 Å². The number of hydrogen-bond acceptors (Lipinski definition) is 3. The quantitative estimate of drug-likeness (QED) is 0.415. The zero-order chi connectivity index (χ0) is 10.4. The number of aryl methyl sites for hydroxylation is 1. The summed E-state index contributed by atoms with van der Waals surface area (Å²) in [4.78, 5) is 15.9. The normalized spacial score (nSPS) is 10.4. The number of benzene rings is 1. The molecule has 0 radical (unpaired) electrons. The fraction of sp³-hybridized carbons (Fsp3) is 0.273. The van der Waals surface area contributed by atoms with E-state index >= 15 is 0 Å². The van der Waals surface area contributed by atoms with Crippen LogP contribution in [0.1, 0.15) is 22.3 Å². The average Bonchev–Trinajstić information content (AvgIpc) is 2.19. The topological polar surface area (TPSA) is 38.7 Å². The van der Waals surface area contributed by atoms with Crippen LogP contribution in [0.3, 0.4) is 0 Å². The molecule has 0 spiro atoms. The summed E-state index contributed by atoms with van der Waals surface area (Å²) >= 11 is 0. The first-order valence-corrected chi connectivity index (χ1v) is 4.39. The third-order valence-corrected chi connectivity index (χ3v) is 1.83. The van der Waals surface area contributed by atoms with Crippen LogP contribution in [0, 0.1) is 6.92 Å². The van der Waals surface area contributed by atoms with Gasteiger partial charge in [0.05, 0.1) is 6.21 Å². The summed E-state index contributed by atoms with van der Waals surface area (Å²) in [6.45, 7) is 1.99. The maximum Gasteiger partial charge on any atom is 0.168 e. The molecule has 0 atom stereocenters. The van der Waals surface area contributed by atoms with E-state index in [0.717, 1.165) is 5.56 Å². The highest BCUT2D eigenvalue weighted by molar-refractivity contribution is 6.03. The fourth-order valence-electron chi connectivity index (χ4n) is 1.05. The summed E-state index contributed by atoms with van der Waals surface area (Å²) in [7, 11) is 1.45. The van der Waals surface area contributed by atoms with Gasteiger partial charge in [0.2, 0.25) is 0 Å². The van der Waals surface area contributed by atoms with Crippen LogP contribution in [0.15, 0.2) is 29.4 Å². The number of carbonyl (C=O) groups is 1. The van der Waals surface area contributed by atoms with Gasteiger partial charge in [0.15, 0.2) is 5.78 Å². The van der Waals surface area contributed by atoms with Crippen molar-refractivity contribution < 1.29 is 9.63 Å². The molecule has 0 amide bonds. The summed E-state index contributed by atoms with van der Waals surface area (Å²) in [6, 6.07) is 7.47. The van der Waals surface area contributed by atoms with Gasteiger partial charge in [0, 0.05) is 12.0 Å². The van der Waals surface area contributed by atoms with Crippen LogP contribution in [0.4, 0.5) is 0 Å². The Morgan fingerprint density at radius 3 is 2.64 bits per heavy atom. The Morgan fingerprint density at radius 2 is 2.07 bits per heavy atom. The minimum Gasteiger partial charge on any atom is -0.399 e. The van der Waals surface area contributed by atoms with E-state index in [9.17, 15) is 4.79 Å². The van der Waals surface area contributed by atoms with E-state index in [1.54, 1.807) is 0 Å². The van der Waals surface area contributed by atoms with Crippen molar-refractivity contribution in [2.24, 2.45) is 5.16 Å². The van der Waals surface area contributed by atoms with Crippen molar-refractivity contribution in [3.63, 3.8) is 0 Å². The van der Waals surface area contributed by atoms with Gasteiger partial charge in [0.25, 0.3) is 0 Å². The van der Waals surface area contributed by atoms with Crippen molar-refractivity contribution in [1.82, 2.24) is 0 Å². The zero-order valence-corrected chi connectivity index (χ0v) is 8.36. The number of hydrogen-bond donors (Lipinski definition) is 0. The van der Waals surface area contributed by atoms with Gasteiger partial charge in [-0.05, 0) is 6.92 Å². The molecule has 74 valence electrons. The number of rotatable bonds is 4. The molecule has 0 saturated heterocycles. The molecule has 1 aromatic carbocycles. The van der Waals surface area contributed by atoms with Crippen molar-refractivity contribution >= 4 is 12.0 Å². The van der Waals surface area contributed by atoms with Crippen LogP contribution in [-0.4, -0.2) is 19.1 Å². The van der Waals surface area contributed by atoms with Crippen molar-refractivity contribution in [2.75, 3.05) is 7.11 Å². The lowest BCUT2D eigenvalue weighted by Gasteiger charge is -1.97. The molecule has 1 rings (SSSR count). The van der Waals surface area contributed by atoms with Crippen LogP contribution >= 0.6 is 0 Å². The lowest BCUT2D eigenvalue weighted by atomic mass is 10.1. The molecular weight excluding hydrogens is 178 g/mol. The molecular formula is C11H13NO2. The largest absolute Gasteiger partial charge is 0.399 e. The molecule has 0 saturated carbocycles. The summed E-state index contributed by atoms with van der Waals surface area (Å²) in [5.74, 6) is 0.0470. The monoisotopic (exact) mass is 191 g/mol. The second-order valence-electron chi connectivity index (χ2n) is 2.96. The minimum absolute atomic E-state index is 0.0470. The number of nitrogens with zero attached hydrogens (tertiary/aromatic N) is 1. The van der Waals surface area contributed by atoms with E-state index in [4.69, 9.17) is 0 Å². The summed E-state index contributed by atoms with van der Waals surface area (Å²) < 4.78 is 0. The van der Waals surface area contributed by atoms with Gasteiger partial charge in [-0.15, -0.1) is 0 Å². The molecule has 0 aliphatic rings. The second kappa shape index (κ2) is 5.17. The maximum absolute atomic E-state index is 11.5. The molecule has 0 N–H and O–H groups in total. The van der Waals surface area contributed by atoms with Gasteiger partial charge >= 0.3 is 0 Å². The van der Waals surface area contributed by atoms with Crippen LogP contribution in [0.25, 0.3) is 0 Å². The Hall–Kier alpha value is -1.64. The summed E-state index contributed by atoms with van der Waals surface area (Å²) in [5, 5.41) is 3.51. The van der Waals surface area contributed by atoms with E-state index in [-0.39, 0.29) is 12.2 Å². The Balaban J connectivity index is 2.61. The molecule has 0 aromatic heterocycles. The summed E-state index contributed by atoms with van der Waals surface area (Å²) in [5.41, 5.74) is 1.85. The van der Waals surface area contributed by atoms with E-state index in [1.165, 1.54) is 13.3 Å². The molecule has 0 heterocycles. The lowest BCUT2D eigenvalue weighted by molar-refractivity contribution is 0.1000. The number of ketones is 1. The van der Waals surface area contributed by atoms with Crippen molar-refractivity contribution in [1.29, 1.82) is 0 Å². The molecule has 0 aliphatic carbocycles. The second-order valence-corrected chi connectivity index (χ2v) is 2.96. The number of oxime groups is 1. The summed E-state index contributed by atoms with van der Waals surface area (Å²) in [6.07, 6.45) is 1.74. The van der Waals surface area contributed by atoms with Gasteiger partial charge < -0.3 is 4.84 Å². The first-order valence-electron chi connectivity index (χ1n) is 4.39. The van der Waals surface area contributed by atoms with Crippen molar-refractivity contribution in [3.8, 4) is 0 Å². The standard InChI is InChI=1S/C11H13NO2/c1-9-3-5-10(6-4-9)11(13)7-8-12-14-2/h3-6,8H,7H2,1-2H3. The molecule has 3 heteroatoms. The smallest absolute Gasteiger partial charge is 0.168 e. The first kappa shape index (κ1) is 10.4. The molecule has 3 nitrogen and oxygen atoms in total. The average molecular weight is 191 g/mol. The van der Waals surface area contributed by atoms with Crippen LogP contribution in [-0.2, 0) is 4.84 Å². The Labute approximate surface area is 83.4 Å². The number of Topliss-reactive ketones (excluding diaryl/α,β-unsaturated/α-hetero) is 1. The minimum atomic E-state index is 0.0470. The fourth-order valence-corrected chi connectivity index (χ4v) is 1.05. The third kappa shape index (κ3) is 3.01. The predicted octanol–water partition coefficient (Wildman–Crippen LogP) is 2.20. The Bertz CT molecular complexity index is 328. The molecule has 0 bridgehead atoms. The number of carbonyl (C=O) groups excluding carboxylic acids is 1. The van der Waals surface area contributed by atoms with E-state index in [1.807, 2.05) is 31.2 Å². The zero-order valence-electron chi connectivity index (χ0n) is 8.36. The van der Waals surface area contributed by atoms with Crippen molar-refractivity contribution in [3.05, 3.63) is 35.4 Å². The highest BCUT2D eigenvalue weighted by Crippen LogP contribution is 2.05. The van der Waals surface area contributed by atoms with Gasteiger partial charge in [-0.3, -0.25) is 4.79 Å². The van der Waals surface area contributed by atoms with Crippen LogP contribution < -0.4 is 0 Å². The van der Waals surface area contributed by atoms with Gasteiger partial charge in [-0.2, -0.15) is 0 Å².